The van der Waals surface area contributed by atoms with Crippen LogP contribution in [0.2, 0.25) is 0 Å². The number of carbonyl (C=O) groups is 3. The van der Waals surface area contributed by atoms with Crippen molar-refractivity contribution < 1.29 is 14.4 Å². The zero-order valence-electron chi connectivity index (χ0n) is 17.5. The summed E-state index contributed by atoms with van der Waals surface area (Å²) in [7, 11) is 0. The minimum Gasteiger partial charge on any atom is -0.319 e. The summed E-state index contributed by atoms with van der Waals surface area (Å²) in [6.07, 6.45) is 6.10. The number of likely N-dealkylation sites (N-methyl/N-ethyl adjacent to an activating group) is 1. The van der Waals surface area contributed by atoms with Crippen LogP contribution in [-0.2, 0) is 15.1 Å². The summed E-state index contributed by atoms with van der Waals surface area (Å²) in [6.45, 7) is 3.89. The van der Waals surface area contributed by atoms with Gasteiger partial charge >= 0.3 is 6.03 Å². The van der Waals surface area contributed by atoms with E-state index in [-0.39, 0.29) is 12.5 Å². The van der Waals surface area contributed by atoms with Crippen LogP contribution in [0.3, 0.4) is 0 Å². The molecule has 6 nitrogen and oxygen atoms in total. The Morgan fingerprint density at radius 3 is 2.60 bits per heavy atom. The molecule has 4 amide bonds. The predicted molar refractivity (Wildman–Crippen MR) is 115 cm³/mol. The molecule has 2 aromatic rings. The molecule has 0 spiro atoms. The summed E-state index contributed by atoms with van der Waals surface area (Å²) in [4.78, 5) is 41.6. The zero-order valence-corrected chi connectivity index (χ0v) is 17.5. The Morgan fingerprint density at radius 1 is 1.13 bits per heavy atom. The fourth-order valence-corrected chi connectivity index (χ4v) is 4.36. The number of hydrogen-bond donors (Lipinski definition) is 1. The molecule has 1 atom stereocenters. The third-order valence-electron chi connectivity index (χ3n) is 6.13. The van der Waals surface area contributed by atoms with Crippen LogP contribution < -0.4 is 5.32 Å². The molecule has 1 aliphatic heterocycles. The van der Waals surface area contributed by atoms with Crippen LogP contribution in [0.15, 0.2) is 54.2 Å². The lowest BCUT2D eigenvalue weighted by molar-refractivity contribution is -0.138. The first-order valence-electron chi connectivity index (χ1n) is 10.6. The van der Waals surface area contributed by atoms with Crippen LogP contribution in [0.25, 0.3) is 10.8 Å². The highest BCUT2D eigenvalue weighted by Gasteiger charge is 2.49. The lowest BCUT2D eigenvalue weighted by atomic mass is 9.90. The maximum atomic E-state index is 13.3. The minimum atomic E-state index is -1.19. The van der Waals surface area contributed by atoms with Crippen molar-refractivity contribution in [1.82, 2.24) is 15.1 Å². The molecule has 1 fully saturated rings. The molecule has 0 aromatic heterocycles. The maximum absolute atomic E-state index is 13.3. The summed E-state index contributed by atoms with van der Waals surface area (Å²) in [5, 5.41) is 4.86. The number of benzene rings is 2. The molecule has 156 valence electrons. The topological polar surface area (TPSA) is 69.7 Å². The SMILES string of the molecule is CCN(C(=O)CN1C(=O)N[C@@](C)(c2ccc3ccccc3c2)C1=O)C1=CCCCC1. The van der Waals surface area contributed by atoms with Crippen molar-refractivity contribution in [3.05, 3.63) is 59.8 Å². The molecule has 0 unspecified atom stereocenters. The van der Waals surface area contributed by atoms with Gasteiger partial charge in [-0.1, -0.05) is 42.5 Å². The Labute approximate surface area is 176 Å². The van der Waals surface area contributed by atoms with E-state index in [1.807, 2.05) is 49.4 Å². The van der Waals surface area contributed by atoms with Gasteiger partial charge in [0.1, 0.15) is 12.1 Å². The van der Waals surface area contributed by atoms with Crippen LogP contribution in [0.4, 0.5) is 4.79 Å². The Bertz CT molecular complexity index is 1040. The van der Waals surface area contributed by atoms with E-state index in [4.69, 9.17) is 0 Å². The number of nitrogens with one attached hydrogen (secondary N) is 1. The first kappa shape index (κ1) is 20.1. The highest BCUT2D eigenvalue weighted by atomic mass is 16.2. The van der Waals surface area contributed by atoms with Gasteiger partial charge in [0.05, 0.1) is 0 Å². The van der Waals surface area contributed by atoms with Crippen molar-refractivity contribution in [3.63, 3.8) is 0 Å². The second-order valence-corrected chi connectivity index (χ2v) is 8.09. The summed E-state index contributed by atoms with van der Waals surface area (Å²) in [5.74, 6) is -0.623. The Morgan fingerprint density at radius 2 is 1.90 bits per heavy atom. The third kappa shape index (κ3) is 3.47. The van der Waals surface area contributed by atoms with E-state index in [2.05, 4.69) is 11.4 Å². The van der Waals surface area contributed by atoms with E-state index in [0.29, 0.717) is 12.1 Å². The number of carbonyl (C=O) groups excluding carboxylic acids is 3. The highest BCUT2D eigenvalue weighted by Crippen LogP contribution is 2.31. The lowest BCUT2D eigenvalue weighted by Crippen LogP contribution is -2.44. The van der Waals surface area contributed by atoms with E-state index < -0.39 is 17.5 Å². The molecule has 4 rings (SSSR count). The fourth-order valence-electron chi connectivity index (χ4n) is 4.36. The molecule has 0 radical (unpaired) electrons. The standard InChI is InChI=1S/C24H27N3O3/c1-3-26(20-11-5-4-6-12-20)21(28)16-27-22(29)24(2,25-23(27)30)19-14-13-17-9-7-8-10-18(17)15-19/h7-11,13-15H,3-6,12,16H2,1-2H3,(H,25,30)/t24-/m0/s1. The van der Waals surface area contributed by atoms with Crippen molar-refractivity contribution in [3.8, 4) is 0 Å². The van der Waals surface area contributed by atoms with Crippen LogP contribution >= 0.6 is 0 Å². The van der Waals surface area contributed by atoms with Crippen LogP contribution in [0, 0.1) is 0 Å². The molecule has 30 heavy (non-hydrogen) atoms. The second kappa shape index (κ2) is 7.94. The Hall–Kier alpha value is -3.15. The average molecular weight is 405 g/mol. The van der Waals surface area contributed by atoms with E-state index in [0.717, 1.165) is 47.1 Å². The normalized spacial score (nSPS) is 21.5. The van der Waals surface area contributed by atoms with Gasteiger partial charge in [-0.15, -0.1) is 0 Å². The number of rotatable bonds is 5. The monoisotopic (exact) mass is 405 g/mol. The average Bonchev–Trinajstić information content (AvgIpc) is 2.98. The fraction of sp³-hybridized carbons (Fsp3) is 0.375. The molecule has 1 aliphatic carbocycles. The van der Waals surface area contributed by atoms with Crippen molar-refractivity contribution in [2.75, 3.05) is 13.1 Å². The van der Waals surface area contributed by atoms with Crippen LogP contribution in [0.1, 0.15) is 45.1 Å². The molecule has 1 N–H and O–H groups in total. The number of nitrogens with zero attached hydrogens (tertiary/aromatic N) is 2. The molecule has 6 heteroatoms. The first-order valence-corrected chi connectivity index (χ1v) is 10.6. The van der Waals surface area contributed by atoms with Crippen LogP contribution in [0.5, 0.6) is 0 Å². The van der Waals surface area contributed by atoms with Gasteiger partial charge in [0, 0.05) is 12.2 Å². The molecule has 2 aliphatic rings. The summed E-state index contributed by atoms with van der Waals surface area (Å²) >= 11 is 0. The summed E-state index contributed by atoms with van der Waals surface area (Å²) < 4.78 is 0. The number of fused-ring (bicyclic) bond motifs is 1. The molecule has 1 heterocycles. The quantitative estimate of drug-likeness (QED) is 0.767. The van der Waals surface area contributed by atoms with Crippen molar-refractivity contribution in [2.24, 2.45) is 0 Å². The largest absolute Gasteiger partial charge is 0.325 e. The van der Waals surface area contributed by atoms with Gasteiger partial charge in [0.2, 0.25) is 5.91 Å². The first-order chi connectivity index (χ1) is 14.4. The number of imide groups is 1. The second-order valence-electron chi connectivity index (χ2n) is 8.09. The van der Waals surface area contributed by atoms with Gasteiger partial charge in [-0.25, -0.2) is 4.79 Å². The molecular formula is C24H27N3O3. The van der Waals surface area contributed by atoms with Gasteiger partial charge < -0.3 is 10.2 Å². The van der Waals surface area contributed by atoms with Crippen LogP contribution in [-0.4, -0.2) is 40.7 Å². The van der Waals surface area contributed by atoms with E-state index >= 15 is 0 Å². The van der Waals surface area contributed by atoms with Crippen molar-refractivity contribution >= 4 is 28.6 Å². The molecular weight excluding hydrogens is 378 g/mol. The molecule has 0 saturated carbocycles. The summed E-state index contributed by atoms with van der Waals surface area (Å²) in [5.41, 5.74) is 0.512. The Balaban J connectivity index is 1.57. The van der Waals surface area contributed by atoms with E-state index in [1.54, 1.807) is 11.8 Å². The predicted octanol–water partition coefficient (Wildman–Crippen LogP) is 3.91. The number of amides is 4. The lowest BCUT2D eigenvalue weighted by Gasteiger charge is -2.28. The third-order valence-corrected chi connectivity index (χ3v) is 6.13. The van der Waals surface area contributed by atoms with Crippen molar-refractivity contribution in [2.45, 2.75) is 45.1 Å². The van der Waals surface area contributed by atoms with Gasteiger partial charge in [0.25, 0.3) is 5.91 Å². The van der Waals surface area contributed by atoms with Gasteiger partial charge in [0.15, 0.2) is 0 Å². The number of hydrogen-bond acceptors (Lipinski definition) is 3. The smallest absolute Gasteiger partial charge is 0.319 e. The van der Waals surface area contributed by atoms with Gasteiger partial charge in [-0.3, -0.25) is 14.5 Å². The zero-order chi connectivity index (χ0) is 21.3. The molecule has 1 saturated heterocycles. The van der Waals surface area contributed by atoms with Gasteiger partial charge in [-0.2, -0.15) is 0 Å². The van der Waals surface area contributed by atoms with E-state index in [9.17, 15) is 14.4 Å². The molecule has 0 bridgehead atoms. The van der Waals surface area contributed by atoms with Gasteiger partial charge in [-0.05, 0) is 61.9 Å². The Kier molecular flexibility index (Phi) is 5.33. The minimum absolute atomic E-state index is 0.225. The summed E-state index contributed by atoms with van der Waals surface area (Å²) in [6, 6.07) is 13.1. The van der Waals surface area contributed by atoms with Crippen molar-refractivity contribution in [1.29, 1.82) is 0 Å². The number of urea groups is 1. The van der Waals surface area contributed by atoms with E-state index in [1.165, 1.54) is 0 Å². The highest BCUT2D eigenvalue weighted by molar-refractivity contribution is 6.09. The number of allylic oxidation sites excluding steroid dienone is 2. The maximum Gasteiger partial charge on any atom is 0.325 e. The molecule has 2 aromatic carbocycles.